The minimum atomic E-state index is -0.175. The van der Waals surface area contributed by atoms with Crippen molar-refractivity contribution in [2.45, 2.75) is 19.8 Å². The van der Waals surface area contributed by atoms with Crippen LogP contribution in [-0.4, -0.2) is 24.7 Å². The molecule has 2 aromatic rings. The zero-order chi connectivity index (χ0) is 14.4. The van der Waals surface area contributed by atoms with Crippen molar-refractivity contribution >= 4 is 17.3 Å². The number of rotatable bonds is 6. The van der Waals surface area contributed by atoms with Crippen LogP contribution >= 0.6 is 11.3 Å². The smallest absolute Gasteiger partial charge is 0.306 e. The second kappa shape index (κ2) is 7.05. The third-order valence-corrected chi connectivity index (χ3v) is 3.72. The summed E-state index contributed by atoms with van der Waals surface area (Å²) in [5, 5.41) is 2.94. The lowest BCUT2D eigenvalue weighted by Gasteiger charge is -2.00. The van der Waals surface area contributed by atoms with Crippen molar-refractivity contribution in [3.05, 3.63) is 35.3 Å². The van der Waals surface area contributed by atoms with Gasteiger partial charge in [-0.25, -0.2) is 4.98 Å². The number of hydrogen-bond acceptors (Lipinski definition) is 5. The highest BCUT2D eigenvalue weighted by molar-refractivity contribution is 7.13. The van der Waals surface area contributed by atoms with E-state index in [9.17, 15) is 4.79 Å². The third kappa shape index (κ3) is 3.81. The molecule has 0 aliphatic rings. The molecule has 0 bridgehead atoms. The topological polar surface area (TPSA) is 48.4 Å². The highest BCUT2D eigenvalue weighted by atomic mass is 32.1. The lowest BCUT2D eigenvalue weighted by molar-refractivity contribution is -0.143. The Kier molecular flexibility index (Phi) is 5.12. The quantitative estimate of drug-likeness (QED) is 0.766. The Bertz CT molecular complexity index is 563. The van der Waals surface area contributed by atoms with E-state index in [-0.39, 0.29) is 5.97 Å². The van der Waals surface area contributed by atoms with Crippen molar-refractivity contribution in [3.63, 3.8) is 0 Å². The number of nitrogens with zero attached hydrogens (tertiary/aromatic N) is 1. The van der Waals surface area contributed by atoms with E-state index in [1.165, 1.54) is 0 Å². The van der Waals surface area contributed by atoms with E-state index < -0.39 is 0 Å². The van der Waals surface area contributed by atoms with Gasteiger partial charge in [-0.1, -0.05) is 0 Å². The van der Waals surface area contributed by atoms with E-state index in [1.54, 1.807) is 18.4 Å². The van der Waals surface area contributed by atoms with Crippen LogP contribution in [0.2, 0.25) is 0 Å². The number of esters is 1. The van der Waals surface area contributed by atoms with Gasteiger partial charge >= 0.3 is 5.97 Å². The van der Waals surface area contributed by atoms with Crippen molar-refractivity contribution in [1.29, 1.82) is 0 Å². The second-order valence-corrected chi connectivity index (χ2v) is 5.04. The maximum atomic E-state index is 11.3. The average Bonchev–Trinajstić information content (AvgIpc) is 2.94. The number of methoxy groups -OCH3 is 1. The standard InChI is InChI=1S/C15H17NO3S/c1-3-19-14(17)9-6-12-10-20-15(16-12)11-4-7-13(18-2)8-5-11/h4-5,7-8,10H,3,6,9H2,1-2H3. The maximum Gasteiger partial charge on any atom is 0.306 e. The van der Waals surface area contributed by atoms with Crippen LogP contribution in [0.4, 0.5) is 0 Å². The van der Waals surface area contributed by atoms with Gasteiger partial charge in [0.1, 0.15) is 10.8 Å². The van der Waals surface area contributed by atoms with Gasteiger partial charge in [-0.2, -0.15) is 0 Å². The third-order valence-electron chi connectivity index (χ3n) is 2.78. The molecule has 0 spiro atoms. The first-order chi connectivity index (χ1) is 9.72. The molecule has 106 valence electrons. The lowest BCUT2D eigenvalue weighted by Crippen LogP contribution is -2.05. The van der Waals surface area contributed by atoms with Crippen molar-refractivity contribution in [2.24, 2.45) is 0 Å². The molecule has 4 nitrogen and oxygen atoms in total. The number of ether oxygens (including phenoxy) is 2. The van der Waals surface area contributed by atoms with E-state index in [0.717, 1.165) is 22.0 Å². The van der Waals surface area contributed by atoms with E-state index in [4.69, 9.17) is 9.47 Å². The minimum Gasteiger partial charge on any atom is -0.497 e. The Hall–Kier alpha value is -1.88. The van der Waals surface area contributed by atoms with Gasteiger partial charge < -0.3 is 9.47 Å². The molecule has 0 N–H and O–H groups in total. The largest absolute Gasteiger partial charge is 0.497 e. The van der Waals surface area contributed by atoms with Gasteiger partial charge in [0, 0.05) is 17.4 Å². The van der Waals surface area contributed by atoms with E-state index >= 15 is 0 Å². The molecule has 2 rings (SSSR count). The SMILES string of the molecule is CCOC(=O)CCc1csc(-c2ccc(OC)cc2)n1. The van der Waals surface area contributed by atoms with Crippen LogP contribution in [0.1, 0.15) is 19.0 Å². The Balaban J connectivity index is 1.99. The Labute approximate surface area is 122 Å². The average molecular weight is 291 g/mol. The van der Waals surface area contributed by atoms with Gasteiger partial charge in [0.2, 0.25) is 0 Å². The molecule has 5 heteroatoms. The van der Waals surface area contributed by atoms with Crippen LogP contribution in [-0.2, 0) is 16.0 Å². The number of thiazole rings is 1. The summed E-state index contributed by atoms with van der Waals surface area (Å²) in [4.78, 5) is 15.8. The summed E-state index contributed by atoms with van der Waals surface area (Å²) in [5.74, 6) is 0.652. The number of aromatic nitrogens is 1. The molecule has 0 aliphatic heterocycles. The summed E-state index contributed by atoms with van der Waals surface area (Å²) in [5.41, 5.74) is 1.98. The van der Waals surface area contributed by atoms with Crippen LogP contribution in [0.3, 0.4) is 0 Å². The second-order valence-electron chi connectivity index (χ2n) is 4.18. The molecule has 0 radical (unpaired) electrons. The molecule has 0 atom stereocenters. The molecule has 0 fully saturated rings. The molecule has 20 heavy (non-hydrogen) atoms. The summed E-state index contributed by atoms with van der Waals surface area (Å²) < 4.78 is 10.0. The Morgan fingerprint density at radius 2 is 2.05 bits per heavy atom. The van der Waals surface area contributed by atoms with Crippen LogP contribution in [0.15, 0.2) is 29.6 Å². The van der Waals surface area contributed by atoms with Gasteiger partial charge in [0.15, 0.2) is 0 Å². The van der Waals surface area contributed by atoms with Crippen LogP contribution < -0.4 is 4.74 Å². The van der Waals surface area contributed by atoms with Crippen LogP contribution in [0, 0.1) is 0 Å². The molecule has 0 unspecified atom stereocenters. The summed E-state index contributed by atoms with van der Waals surface area (Å²) in [6, 6.07) is 7.78. The van der Waals surface area contributed by atoms with Crippen molar-refractivity contribution < 1.29 is 14.3 Å². The first kappa shape index (κ1) is 14.5. The summed E-state index contributed by atoms with van der Waals surface area (Å²) in [7, 11) is 1.64. The summed E-state index contributed by atoms with van der Waals surface area (Å²) in [6.45, 7) is 2.23. The molecule has 0 saturated carbocycles. The van der Waals surface area contributed by atoms with E-state index in [1.807, 2.05) is 36.6 Å². The van der Waals surface area contributed by atoms with Crippen molar-refractivity contribution in [3.8, 4) is 16.3 Å². The summed E-state index contributed by atoms with van der Waals surface area (Å²) >= 11 is 1.58. The molecule has 1 aromatic carbocycles. The van der Waals surface area contributed by atoms with Crippen molar-refractivity contribution in [2.75, 3.05) is 13.7 Å². The number of hydrogen-bond donors (Lipinski definition) is 0. The first-order valence-corrected chi connectivity index (χ1v) is 7.35. The highest BCUT2D eigenvalue weighted by Gasteiger charge is 2.08. The number of benzene rings is 1. The van der Waals surface area contributed by atoms with Gasteiger partial charge in [-0.3, -0.25) is 4.79 Å². The molecule has 1 aromatic heterocycles. The van der Waals surface area contributed by atoms with Gasteiger partial charge in [0.05, 0.1) is 25.8 Å². The number of carbonyl (C=O) groups is 1. The molecule has 0 saturated heterocycles. The fourth-order valence-corrected chi connectivity index (χ4v) is 2.61. The zero-order valence-corrected chi connectivity index (χ0v) is 12.4. The maximum absolute atomic E-state index is 11.3. The summed E-state index contributed by atoms with van der Waals surface area (Å²) in [6.07, 6.45) is 0.991. The Morgan fingerprint density at radius 3 is 2.70 bits per heavy atom. The molecule has 0 amide bonds. The highest BCUT2D eigenvalue weighted by Crippen LogP contribution is 2.26. The number of aryl methyl sites for hydroxylation is 1. The number of carbonyl (C=O) groups excluding carboxylic acids is 1. The lowest BCUT2D eigenvalue weighted by atomic mass is 10.2. The van der Waals surface area contributed by atoms with Crippen LogP contribution in [0.25, 0.3) is 10.6 Å². The molecule has 0 aliphatic carbocycles. The zero-order valence-electron chi connectivity index (χ0n) is 11.6. The molecular formula is C15H17NO3S. The molecule has 1 heterocycles. The van der Waals surface area contributed by atoms with Crippen molar-refractivity contribution in [1.82, 2.24) is 4.98 Å². The van der Waals surface area contributed by atoms with E-state index in [2.05, 4.69) is 4.98 Å². The minimum absolute atomic E-state index is 0.175. The predicted molar refractivity (Wildman–Crippen MR) is 79.1 cm³/mol. The monoisotopic (exact) mass is 291 g/mol. The predicted octanol–water partition coefficient (Wildman–Crippen LogP) is 3.31. The van der Waals surface area contributed by atoms with Gasteiger partial charge in [0.25, 0.3) is 0 Å². The fraction of sp³-hybridized carbons (Fsp3) is 0.333. The first-order valence-electron chi connectivity index (χ1n) is 6.47. The fourth-order valence-electron chi connectivity index (χ4n) is 1.75. The normalized spacial score (nSPS) is 10.3. The van der Waals surface area contributed by atoms with E-state index in [0.29, 0.717) is 19.4 Å². The van der Waals surface area contributed by atoms with Crippen LogP contribution in [0.5, 0.6) is 5.75 Å². The van der Waals surface area contributed by atoms with Gasteiger partial charge in [-0.15, -0.1) is 11.3 Å². The molecular weight excluding hydrogens is 274 g/mol. The van der Waals surface area contributed by atoms with Gasteiger partial charge in [-0.05, 0) is 31.2 Å². The Morgan fingerprint density at radius 1 is 1.30 bits per heavy atom.